The van der Waals surface area contributed by atoms with Gasteiger partial charge in [-0.15, -0.1) is 0 Å². The van der Waals surface area contributed by atoms with E-state index in [0.717, 1.165) is 5.69 Å². The zero-order valence-electron chi connectivity index (χ0n) is 5.71. The Bertz CT molecular complexity index is 243. The summed E-state index contributed by atoms with van der Waals surface area (Å²) in [6.45, 7) is 1.94. The molecular weight excluding hydrogens is 146 g/mol. The van der Waals surface area contributed by atoms with Crippen LogP contribution in [-0.4, -0.2) is 4.98 Å². The molecule has 1 rings (SSSR count). The lowest BCUT2D eigenvalue weighted by Crippen LogP contribution is -1.78. The fraction of sp³-hybridized carbons (Fsp3) is 0.125. The van der Waals surface area contributed by atoms with Crippen LogP contribution in [0.4, 0.5) is 0 Å². The van der Waals surface area contributed by atoms with E-state index in [4.69, 9.17) is 11.6 Å². The topological polar surface area (TPSA) is 12.9 Å². The first-order valence-electron chi connectivity index (χ1n) is 3.08. The Morgan fingerprint density at radius 2 is 2.40 bits per heavy atom. The maximum absolute atomic E-state index is 5.79. The van der Waals surface area contributed by atoms with Crippen molar-refractivity contribution in [1.82, 2.24) is 4.98 Å². The number of rotatable bonds is 1. The average molecular weight is 154 g/mol. The van der Waals surface area contributed by atoms with Gasteiger partial charge in [-0.1, -0.05) is 17.7 Å². The molecule has 1 aromatic heterocycles. The SMILES string of the molecule is C/C=C/c1ncccc1Cl. The molecule has 0 saturated carbocycles. The Hall–Kier alpha value is -0.820. The normalized spacial score (nSPS) is 10.6. The Morgan fingerprint density at radius 3 is 3.00 bits per heavy atom. The second kappa shape index (κ2) is 3.37. The zero-order valence-corrected chi connectivity index (χ0v) is 6.47. The van der Waals surface area contributed by atoms with E-state index in [2.05, 4.69) is 4.98 Å². The summed E-state index contributed by atoms with van der Waals surface area (Å²) in [5, 5.41) is 0.695. The van der Waals surface area contributed by atoms with Crippen LogP contribution in [0.5, 0.6) is 0 Å². The van der Waals surface area contributed by atoms with Gasteiger partial charge >= 0.3 is 0 Å². The van der Waals surface area contributed by atoms with E-state index in [1.807, 2.05) is 31.2 Å². The Kier molecular flexibility index (Phi) is 2.46. The maximum Gasteiger partial charge on any atom is 0.0812 e. The van der Waals surface area contributed by atoms with Crippen LogP contribution in [0.2, 0.25) is 5.02 Å². The molecule has 0 atom stereocenters. The van der Waals surface area contributed by atoms with Crippen molar-refractivity contribution < 1.29 is 0 Å². The van der Waals surface area contributed by atoms with E-state index >= 15 is 0 Å². The van der Waals surface area contributed by atoms with Crippen LogP contribution in [0.1, 0.15) is 12.6 Å². The molecule has 2 heteroatoms. The van der Waals surface area contributed by atoms with Gasteiger partial charge in [0.05, 0.1) is 10.7 Å². The number of hydrogen-bond donors (Lipinski definition) is 0. The van der Waals surface area contributed by atoms with Crippen molar-refractivity contribution in [2.45, 2.75) is 6.92 Å². The largest absolute Gasteiger partial charge is 0.255 e. The summed E-state index contributed by atoms with van der Waals surface area (Å²) in [5.74, 6) is 0. The molecule has 1 heterocycles. The molecule has 0 bridgehead atoms. The van der Waals surface area contributed by atoms with Crippen molar-refractivity contribution in [2.75, 3.05) is 0 Å². The number of halogens is 1. The third kappa shape index (κ3) is 1.58. The van der Waals surface area contributed by atoms with Gasteiger partial charge in [-0.25, -0.2) is 0 Å². The Morgan fingerprint density at radius 1 is 1.60 bits per heavy atom. The van der Waals surface area contributed by atoms with Crippen molar-refractivity contribution in [2.24, 2.45) is 0 Å². The predicted molar refractivity (Wildman–Crippen MR) is 44.0 cm³/mol. The number of pyridine rings is 1. The Balaban J connectivity index is 3.03. The summed E-state index contributed by atoms with van der Waals surface area (Å²) in [6, 6.07) is 3.64. The van der Waals surface area contributed by atoms with Crippen molar-refractivity contribution in [1.29, 1.82) is 0 Å². The molecule has 0 radical (unpaired) electrons. The molecular formula is C8H8ClN. The highest BCUT2D eigenvalue weighted by atomic mass is 35.5. The summed E-state index contributed by atoms with van der Waals surface area (Å²) in [6.07, 6.45) is 5.51. The van der Waals surface area contributed by atoms with Crippen LogP contribution >= 0.6 is 11.6 Å². The average Bonchev–Trinajstić information content (AvgIpc) is 1.94. The smallest absolute Gasteiger partial charge is 0.0812 e. The number of nitrogens with zero attached hydrogens (tertiary/aromatic N) is 1. The van der Waals surface area contributed by atoms with Crippen LogP contribution < -0.4 is 0 Å². The molecule has 1 aromatic rings. The molecule has 0 N–H and O–H groups in total. The number of allylic oxidation sites excluding steroid dienone is 1. The zero-order chi connectivity index (χ0) is 7.40. The minimum absolute atomic E-state index is 0.695. The third-order valence-corrected chi connectivity index (χ3v) is 1.43. The molecule has 0 saturated heterocycles. The maximum atomic E-state index is 5.79. The van der Waals surface area contributed by atoms with Gasteiger partial charge in [-0.05, 0) is 25.1 Å². The Labute approximate surface area is 65.4 Å². The lowest BCUT2D eigenvalue weighted by Gasteiger charge is -1.92. The van der Waals surface area contributed by atoms with Crippen LogP contribution in [-0.2, 0) is 0 Å². The third-order valence-electron chi connectivity index (χ3n) is 1.11. The molecule has 0 fully saturated rings. The minimum atomic E-state index is 0.695. The molecule has 52 valence electrons. The van der Waals surface area contributed by atoms with E-state index in [9.17, 15) is 0 Å². The standard InChI is InChI=1S/C8H8ClN/c1-2-4-8-7(9)5-3-6-10-8/h2-6H,1H3/b4-2+. The highest BCUT2D eigenvalue weighted by Crippen LogP contribution is 2.12. The first kappa shape index (κ1) is 7.29. The quantitative estimate of drug-likeness (QED) is 0.605. The van der Waals surface area contributed by atoms with Gasteiger partial charge in [0.25, 0.3) is 0 Å². The minimum Gasteiger partial charge on any atom is -0.255 e. The van der Waals surface area contributed by atoms with E-state index in [0.29, 0.717) is 5.02 Å². The molecule has 1 nitrogen and oxygen atoms in total. The monoisotopic (exact) mass is 153 g/mol. The van der Waals surface area contributed by atoms with E-state index in [1.165, 1.54) is 0 Å². The van der Waals surface area contributed by atoms with Gasteiger partial charge in [0, 0.05) is 6.20 Å². The van der Waals surface area contributed by atoms with Gasteiger partial charge in [0.2, 0.25) is 0 Å². The van der Waals surface area contributed by atoms with Crippen molar-refractivity contribution in [3.05, 3.63) is 35.1 Å². The van der Waals surface area contributed by atoms with Gasteiger partial charge in [0.15, 0.2) is 0 Å². The van der Waals surface area contributed by atoms with Gasteiger partial charge in [-0.3, -0.25) is 4.98 Å². The second-order valence-corrected chi connectivity index (χ2v) is 2.28. The molecule has 0 aliphatic heterocycles. The fourth-order valence-electron chi connectivity index (χ4n) is 0.678. The molecule has 0 unspecified atom stereocenters. The van der Waals surface area contributed by atoms with E-state index in [-0.39, 0.29) is 0 Å². The number of aromatic nitrogens is 1. The molecule has 0 aliphatic rings. The first-order chi connectivity index (χ1) is 4.84. The summed E-state index contributed by atoms with van der Waals surface area (Å²) in [7, 11) is 0. The van der Waals surface area contributed by atoms with E-state index < -0.39 is 0 Å². The van der Waals surface area contributed by atoms with Crippen LogP contribution in [0.3, 0.4) is 0 Å². The van der Waals surface area contributed by atoms with Gasteiger partial charge < -0.3 is 0 Å². The predicted octanol–water partition coefficient (Wildman–Crippen LogP) is 2.77. The first-order valence-corrected chi connectivity index (χ1v) is 3.45. The molecule has 10 heavy (non-hydrogen) atoms. The van der Waals surface area contributed by atoms with Crippen molar-refractivity contribution in [3.63, 3.8) is 0 Å². The highest BCUT2D eigenvalue weighted by Gasteiger charge is 1.92. The fourth-order valence-corrected chi connectivity index (χ4v) is 0.863. The van der Waals surface area contributed by atoms with E-state index in [1.54, 1.807) is 6.20 Å². The summed E-state index contributed by atoms with van der Waals surface area (Å²) in [4.78, 5) is 4.05. The molecule has 0 amide bonds. The molecule has 0 spiro atoms. The lowest BCUT2D eigenvalue weighted by atomic mass is 10.3. The van der Waals surface area contributed by atoms with Crippen LogP contribution in [0.25, 0.3) is 6.08 Å². The van der Waals surface area contributed by atoms with Crippen molar-refractivity contribution >= 4 is 17.7 Å². The van der Waals surface area contributed by atoms with Gasteiger partial charge in [0.1, 0.15) is 0 Å². The summed E-state index contributed by atoms with van der Waals surface area (Å²) >= 11 is 5.79. The van der Waals surface area contributed by atoms with Crippen molar-refractivity contribution in [3.8, 4) is 0 Å². The van der Waals surface area contributed by atoms with Crippen LogP contribution in [0, 0.1) is 0 Å². The molecule has 0 aromatic carbocycles. The summed E-state index contributed by atoms with van der Waals surface area (Å²) < 4.78 is 0. The molecule has 0 aliphatic carbocycles. The summed E-state index contributed by atoms with van der Waals surface area (Å²) in [5.41, 5.74) is 0.826. The highest BCUT2D eigenvalue weighted by molar-refractivity contribution is 6.31. The number of hydrogen-bond acceptors (Lipinski definition) is 1. The van der Waals surface area contributed by atoms with Gasteiger partial charge in [-0.2, -0.15) is 0 Å². The van der Waals surface area contributed by atoms with Crippen LogP contribution in [0.15, 0.2) is 24.4 Å². The second-order valence-electron chi connectivity index (χ2n) is 1.87. The lowest BCUT2D eigenvalue weighted by molar-refractivity contribution is 1.29.